The smallest absolute Gasteiger partial charge is 0.416 e. The fourth-order valence-corrected chi connectivity index (χ4v) is 10.9. The van der Waals surface area contributed by atoms with Crippen LogP contribution in [0.25, 0.3) is 0 Å². The fraction of sp³-hybridized carbons (Fsp3) is 0.500. The van der Waals surface area contributed by atoms with Gasteiger partial charge in [-0.15, -0.1) is 11.3 Å². The minimum atomic E-state index is -4.59. The van der Waals surface area contributed by atoms with Gasteiger partial charge in [-0.3, -0.25) is 9.59 Å². The summed E-state index contributed by atoms with van der Waals surface area (Å²) in [7, 11) is -8.65. The molecule has 11 nitrogen and oxygen atoms in total. The van der Waals surface area contributed by atoms with Gasteiger partial charge >= 0.3 is 18.3 Å². The van der Waals surface area contributed by atoms with E-state index >= 15 is 0 Å². The molecule has 2 aliphatic rings. The molecule has 1 amide bonds. The van der Waals surface area contributed by atoms with Gasteiger partial charge in [0.2, 0.25) is 5.91 Å². The highest BCUT2D eigenvalue weighted by molar-refractivity contribution is 7.94. The number of rotatable bonds is 7. The highest BCUT2D eigenvalue weighted by atomic mass is 32.2. The number of carbonyl (C=O) groups is 2. The fourth-order valence-electron chi connectivity index (χ4n) is 6.07. The van der Waals surface area contributed by atoms with Crippen molar-refractivity contribution in [1.82, 2.24) is 4.98 Å². The molecule has 2 N–H and O–H groups in total. The number of thiazole rings is 1. The summed E-state index contributed by atoms with van der Waals surface area (Å²) in [6, 6.07) is 6.04. The number of anilines is 1. The molecule has 0 aliphatic carbocycles. The number of aliphatic carboxylic acids is 1. The first-order valence-electron chi connectivity index (χ1n) is 16.3. The molecule has 0 atom stereocenters. The molecule has 0 radical (unpaired) electrons. The van der Waals surface area contributed by atoms with Gasteiger partial charge in [0.15, 0.2) is 34.3 Å². The van der Waals surface area contributed by atoms with Gasteiger partial charge in [0, 0.05) is 44.1 Å². The summed E-state index contributed by atoms with van der Waals surface area (Å²) < 4.78 is 135. The quantitative estimate of drug-likeness (QED) is 0.241. The van der Waals surface area contributed by atoms with E-state index in [1.165, 1.54) is 11.3 Å². The average molecular weight is 829 g/mol. The Kier molecular flexibility index (Phi) is 12.4. The molecule has 5 rings (SSSR count). The maximum atomic E-state index is 13.5. The molecule has 2 saturated heterocycles. The second-order valence-corrected chi connectivity index (χ2v) is 19.2. The van der Waals surface area contributed by atoms with Gasteiger partial charge in [-0.05, 0) is 73.7 Å². The second-order valence-electron chi connectivity index (χ2n) is 13.7. The van der Waals surface area contributed by atoms with Gasteiger partial charge in [0.25, 0.3) is 0 Å². The van der Waals surface area contributed by atoms with Crippen LogP contribution in [0.1, 0.15) is 68.2 Å². The molecule has 3 heterocycles. The van der Waals surface area contributed by atoms with E-state index in [9.17, 15) is 57.9 Å². The zero-order valence-corrected chi connectivity index (χ0v) is 31.9. The second kappa shape index (κ2) is 15.5. The summed E-state index contributed by atoms with van der Waals surface area (Å²) >= 11 is 1.27. The Morgan fingerprint density at radius 3 is 1.43 bits per heavy atom. The number of aryl methyl sites for hydroxylation is 1. The summed E-state index contributed by atoms with van der Waals surface area (Å²) in [6.07, 6.45) is -9.90. The number of halogens is 6. The Morgan fingerprint density at radius 1 is 0.722 bits per heavy atom. The first kappa shape index (κ1) is 43.1. The van der Waals surface area contributed by atoms with Crippen LogP contribution in [0.15, 0.2) is 58.3 Å². The summed E-state index contributed by atoms with van der Waals surface area (Å²) in [6.45, 7) is 7.85. The van der Waals surface area contributed by atoms with Crippen LogP contribution in [0.5, 0.6) is 0 Å². The van der Waals surface area contributed by atoms with E-state index in [0.29, 0.717) is 24.3 Å². The van der Waals surface area contributed by atoms with Gasteiger partial charge in [0.05, 0.1) is 26.6 Å². The number of ether oxygens (including phenoxy) is 2. The van der Waals surface area contributed by atoms with E-state index < -0.39 is 69.4 Å². The number of carboxylic acid groups (broad SMARTS) is 1. The maximum absolute atomic E-state index is 13.5. The van der Waals surface area contributed by atoms with Crippen molar-refractivity contribution < 1.29 is 67.3 Å². The lowest BCUT2D eigenvalue weighted by Gasteiger charge is -2.34. The number of sulfone groups is 2. The Morgan fingerprint density at radius 2 is 1.09 bits per heavy atom. The van der Waals surface area contributed by atoms with Gasteiger partial charge in [0.1, 0.15) is 0 Å². The molecule has 0 saturated carbocycles. The van der Waals surface area contributed by atoms with Crippen molar-refractivity contribution >= 4 is 48.0 Å². The van der Waals surface area contributed by atoms with Crippen molar-refractivity contribution in [2.75, 3.05) is 31.7 Å². The third-order valence-corrected chi connectivity index (χ3v) is 15.6. The van der Waals surface area contributed by atoms with E-state index in [1.54, 1.807) is 0 Å². The Labute approximate surface area is 311 Å². The third kappa shape index (κ3) is 8.61. The molecule has 298 valence electrons. The minimum Gasteiger partial charge on any atom is -0.480 e. The summed E-state index contributed by atoms with van der Waals surface area (Å²) in [4.78, 5) is 29.4. The molecular formula is C34H38F6N2O9S3. The van der Waals surface area contributed by atoms with E-state index in [2.05, 4.69) is 10.3 Å². The zero-order chi connectivity index (χ0) is 40.5. The number of nitrogens with zero attached hydrogens (tertiary/aromatic N) is 1. The molecule has 0 unspecified atom stereocenters. The standard InChI is InChI=1S/C21H25F3N2O4S2.C13H13F3O5S/c1-13-16(19(2,3)4)31-18(25-13)26-17(27)20(9-11-30-12-10-20)32(28,29)15-7-5-14(6-8-15)21(22,23)24;14-13(15,16)9-1-3-10(4-2-9)22(19,20)12(11(17)18)5-7-21-8-6-12/h5-8H,9-12H2,1-4H3,(H,25,26,27);1-4H,5-8H2,(H,17,18). The first-order chi connectivity index (χ1) is 24.8. The predicted molar refractivity (Wildman–Crippen MR) is 185 cm³/mol. The van der Waals surface area contributed by atoms with Crippen molar-refractivity contribution in [3.8, 4) is 0 Å². The van der Waals surface area contributed by atoms with Crippen molar-refractivity contribution in [3.63, 3.8) is 0 Å². The number of benzene rings is 2. The van der Waals surface area contributed by atoms with E-state index in [1.807, 2.05) is 27.7 Å². The SMILES string of the molecule is Cc1nc(NC(=O)C2(S(=O)(=O)c3ccc(C(F)(F)F)cc3)CCOCC2)sc1C(C)(C)C.O=C(O)C1(S(=O)(=O)c2ccc(C(F)(F)F)cc2)CCOCC1. The lowest BCUT2D eigenvalue weighted by atomic mass is 9.94. The number of carboxylic acids is 1. The van der Waals surface area contributed by atoms with Crippen LogP contribution >= 0.6 is 11.3 Å². The van der Waals surface area contributed by atoms with Crippen LogP contribution in [0, 0.1) is 6.92 Å². The van der Waals surface area contributed by atoms with Crippen molar-refractivity contribution in [1.29, 1.82) is 0 Å². The van der Waals surface area contributed by atoms with E-state index in [-0.39, 0.29) is 67.6 Å². The van der Waals surface area contributed by atoms with Crippen LogP contribution in [0.4, 0.5) is 31.5 Å². The highest BCUT2D eigenvalue weighted by Gasteiger charge is 2.54. The predicted octanol–water partition coefficient (Wildman–Crippen LogP) is 6.84. The van der Waals surface area contributed by atoms with Gasteiger partial charge in [-0.2, -0.15) is 26.3 Å². The highest BCUT2D eigenvalue weighted by Crippen LogP contribution is 2.40. The Balaban J connectivity index is 0.000000258. The number of aromatic nitrogens is 1. The molecule has 0 bridgehead atoms. The number of hydrogen-bond acceptors (Lipinski definition) is 10. The number of hydrogen-bond donors (Lipinski definition) is 2. The van der Waals surface area contributed by atoms with Crippen LogP contribution in [0.3, 0.4) is 0 Å². The molecule has 1 aromatic heterocycles. The lowest BCUT2D eigenvalue weighted by molar-refractivity contribution is -0.143. The summed E-state index contributed by atoms with van der Waals surface area (Å²) in [5.74, 6) is -2.27. The molecule has 2 aromatic carbocycles. The van der Waals surface area contributed by atoms with Crippen LogP contribution in [0.2, 0.25) is 0 Å². The van der Waals surface area contributed by atoms with Crippen molar-refractivity contribution in [3.05, 3.63) is 70.2 Å². The number of amides is 1. The molecule has 54 heavy (non-hydrogen) atoms. The monoisotopic (exact) mass is 828 g/mol. The van der Waals surface area contributed by atoms with Crippen LogP contribution in [-0.4, -0.2) is 74.7 Å². The summed E-state index contributed by atoms with van der Waals surface area (Å²) in [5.41, 5.74) is -1.42. The van der Waals surface area contributed by atoms with Gasteiger partial charge in [-0.25, -0.2) is 21.8 Å². The number of carbonyl (C=O) groups excluding carboxylic acids is 1. The van der Waals surface area contributed by atoms with Crippen LogP contribution < -0.4 is 5.32 Å². The van der Waals surface area contributed by atoms with Crippen molar-refractivity contribution in [2.24, 2.45) is 0 Å². The zero-order valence-electron chi connectivity index (χ0n) is 29.4. The largest absolute Gasteiger partial charge is 0.480 e. The normalized spacial score (nSPS) is 17.9. The first-order valence-corrected chi connectivity index (χ1v) is 20.1. The molecule has 2 fully saturated rings. The average Bonchev–Trinajstić information content (AvgIpc) is 3.48. The third-order valence-electron chi connectivity index (χ3n) is 9.12. The van der Waals surface area contributed by atoms with Crippen molar-refractivity contribution in [2.45, 2.75) is 90.4 Å². The van der Waals surface area contributed by atoms with Crippen LogP contribution in [-0.2, 0) is 56.5 Å². The topological polar surface area (TPSA) is 166 Å². The molecule has 3 aromatic rings. The number of nitrogens with one attached hydrogen (secondary N) is 1. The molecular weight excluding hydrogens is 791 g/mol. The number of alkyl halides is 6. The minimum absolute atomic E-state index is 0.0356. The summed E-state index contributed by atoms with van der Waals surface area (Å²) in [5, 5.41) is 12.3. The maximum Gasteiger partial charge on any atom is 0.416 e. The Bertz CT molecular complexity index is 2040. The Hall–Kier alpha value is -3.59. The molecule has 20 heteroatoms. The van der Waals surface area contributed by atoms with Gasteiger partial charge in [-0.1, -0.05) is 20.8 Å². The van der Waals surface area contributed by atoms with Gasteiger partial charge < -0.3 is 19.9 Å². The molecule has 0 spiro atoms. The lowest BCUT2D eigenvalue weighted by Crippen LogP contribution is -2.53. The van der Waals surface area contributed by atoms with E-state index in [4.69, 9.17) is 9.47 Å². The van der Waals surface area contributed by atoms with E-state index in [0.717, 1.165) is 34.8 Å². The molecule has 2 aliphatic heterocycles.